The van der Waals surface area contributed by atoms with Crippen molar-refractivity contribution in [2.24, 2.45) is 0 Å². The fourth-order valence-corrected chi connectivity index (χ4v) is 3.71. The Bertz CT molecular complexity index is 1160. The highest BCUT2D eigenvalue weighted by Crippen LogP contribution is 2.55. The summed E-state index contributed by atoms with van der Waals surface area (Å²) in [5.74, 6) is 0.252. The van der Waals surface area contributed by atoms with Crippen LogP contribution in [-0.2, 0) is 6.54 Å². The Morgan fingerprint density at radius 3 is 2.85 bits per heavy atom. The van der Waals surface area contributed by atoms with Crippen molar-refractivity contribution in [2.75, 3.05) is 0 Å². The Labute approximate surface area is 155 Å². The predicted octanol–water partition coefficient (Wildman–Crippen LogP) is 3.96. The zero-order valence-electron chi connectivity index (χ0n) is 13.7. The Morgan fingerprint density at radius 2 is 2.04 bits per heavy atom. The number of nitrogens with zero attached hydrogens (tertiary/aromatic N) is 6. The van der Waals surface area contributed by atoms with Crippen LogP contribution in [0.1, 0.15) is 29.5 Å². The molecule has 1 aliphatic rings. The maximum absolute atomic E-state index is 12.7. The second-order valence-corrected chi connectivity index (χ2v) is 7.02. The minimum absolute atomic E-state index is 0.0996. The first-order valence-electron chi connectivity index (χ1n) is 8.28. The van der Waals surface area contributed by atoms with Gasteiger partial charge in [0.25, 0.3) is 0 Å². The van der Waals surface area contributed by atoms with Gasteiger partial charge in [-0.25, -0.2) is 19.2 Å². The van der Waals surface area contributed by atoms with E-state index in [1.165, 1.54) is 6.20 Å². The van der Waals surface area contributed by atoms with Gasteiger partial charge in [0.2, 0.25) is 0 Å². The predicted molar refractivity (Wildman–Crippen MR) is 91.7 cm³/mol. The summed E-state index contributed by atoms with van der Waals surface area (Å²) in [6.07, 6.45) is 1.26. The minimum Gasteiger partial charge on any atom is -0.238 e. The van der Waals surface area contributed by atoms with Crippen LogP contribution in [-0.4, -0.2) is 35.5 Å². The topological polar surface area (TPSA) is 60.9 Å². The lowest BCUT2D eigenvalue weighted by Crippen LogP contribution is -2.18. The van der Waals surface area contributed by atoms with E-state index in [2.05, 4.69) is 20.2 Å². The summed E-state index contributed by atoms with van der Waals surface area (Å²) < 4.78 is 40.7. The molecule has 0 unspecified atom stereocenters. The van der Waals surface area contributed by atoms with Gasteiger partial charge in [-0.2, -0.15) is 23.4 Å². The normalized spacial score (nSPS) is 19.9. The van der Waals surface area contributed by atoms with Crippen LogP contribution in [0.4, 0.5) is 13.2 Å². The van der Waals surface area contributed by atoms with E-state index in [9.17, 15) is 13.2 Å². The SMILES string of the molecule is FC(F)(F)Cn1ncc2ccc([C@H]3C[C@@H]3c3cc(Cl)nn4ccnc34)nc21. The molecule has 0 amide bonds. The second kappa shape index (κ2) is 5.66. The summed E-state index contributed by atoms with van der Waals surface area (Å²) in [5, 5.41) is 8.94. The number of hydrogen-bond acceptors (Lipinski definition) is 4. The van der Waals surface area contributed by atoms with Gasteiger partial charge < -0.3 is 0 Å². The van der Waals surface area contributed by atoms with E-state index < -0.39 is 12.7 Å². The molecule has 10 heteroatoms. The first-order valence-corrected chi connectivity index (χ1v) is 8.66. The summed E-state index contributed by atoms with van der Waals surface area (Å²) in [4.78, 5) is 8.80. The molecule has 0 spiro atoms. The van der Waals surface area contributed by atoms with Gasteiger partial charge >= 0.3 is 6.18 Å². The highest BCUT2D eigenvalue weighted by Gasteiger charge is 2.42. The number of pyridine rings is 1. The Kier molecular flexibility index (Phi) is 3.45. The molecule has 0 radical (unpaired) electrons. The number of alkyl halides is 3. The molecule has 4 aromatic rings. The molecule has 6 nitrogen and oxygen atoms in total. The van der Waals surface area contributed by atoms with Crippen molar-refractivity contribution in [1.82, 2.24) is 29.4 Å². The number of aromatic nitrogens is 6. The zero-order chi connectivity index (χ0) is 18.8. The number of rotatable bonds is 3. The van der Waals surface area contributed by atoms with Crippen molar-refractivity contribution in [2.45, 2.75) is 31.0 Å². The fraction of sp³-hybridized carbons (Fsp3) is 0.294. The highest BCUT2D eigenvalue weighted by atomic mass is 35.5. The van der Waals surface area contributed by atoms with Crippen LogP contribution in [0, 0.1) is 0 Å². The van der Waals surface area contributed by atoms with Gasteiger partial charge in [0.05, 0.1) is 6.20 Å². The molecule has 1 aliphatic carbocycles. The van der Waals surface area contributed by atoms with Crippen LogP contribution in [0.3, 0.4) is 0 Å². The summed E-state index contributed by atoms with van der Waals surface area (Å²) >= 11 is 6.10. The van der Waals surface area contributed by atoms with Gasteiger partial charge in [-0.1, -0.05) is 11.6 Å². The minimum atomic E-state index is -4.35. The molecular weight excluding hydrogens is 381 g/mol. The lowest BCUT2D eigenvalue weighted by molar-refractivity contribution is -0.141. The number of hydrogen-bond donors (Lipinski definition) is 0. The largest absolute Gasteiger partial charge is 0.408 e. The fourth-order valence-electron chi connectivity index (χ4n) is 3.51. The number of imidazole rings is 1. The lowest BCUT2D eigenvalue weighted by Gasteiger charge is -2.08. The van der Waals surface area contributed by atoms with Crippen LogP contribution < -0.4 is 0 Å². The summed E-state index contributed by atoms with van der Waals surface area (Å²) in [7, 11) is 0. The van der Waals surface area contributed by atoms with Crippen LogP contribution in [0.2, 0.25) is 5.15 Å². The molecule has 2 atom stereocenters. The van der Waals surface area contributed by atoms with Gasteiger partial charge in [0, 0.05) is 35.0 Å². The van der Waals surface area contributed by atoms with E-state index in [0.29, 0.717) is 10.5 Å². The Hall–Kier alpha value is -2.68. The molecule has 0 bridgehead atoms. The lowest BCUT2D eigenvalue weighted by atomic mass is 10.1. The summed E-state index contributed by atoms with van der Waals surface area (Å²) in [5.41, 5.74) is 2.69. The third-order valence-electron chi connectivity index (χ3n) is 4.76. The van der Waals surface area contributed by atoms with Gasteiger partial charge in [-0.05, 0) is 30.5 Å². The maximum Gasteiger partial charge on any atom is 0.408 e. The van der Waals surface area contributed by atoms with E-state index >= 15 is 0 Å². The molecule has 5 rings (SSSR count). The zero-order valence-corrected chi connectivity index (χ0v) is 14.5. The molecular formula is C17H12ClF3N6. The van der Waals surface area contributed by atoms with E-state index in [1.54, 1.807) is 29.0 Å². The average Bonchev–Trinajstić information content (AvgIpc) is 3.10. The second-order valence-electron chi connectivity index (χ2n) is 6.63. The van der Waals surface area contributed by atoms with Crippen LogP contribution in [0.15, 0.2) is 36.8 Å². The maximum atomic E-state index is 12.7. The van der Waals surface area contributed by atoms with Crippen LogP contribution >= 0.6 is 11.6 Å². The third-order valence-corrected chi connectivity index (χ3v) is 4.95. The molecule has 1 fully saturated rings. The molecule has 0 aromatic carbocycles. The summed E-state index contributed by atoms with van der Waals surface area (Å²) in [6, 6.07) is 5.40. The van der Waals surface area contributed by atoms with Crippen LogP contribution in [0.25, 0.3) is 16.7 Å². The monoisotopic (exact) mass is 392 g/mol. The van der Waals surface area contributed by atoms with Gasteiger partial charge in [-0.3, -0.25) is 0 Å². The first kappa shape index (κ1) is 16.5. The first-order chi connectivity index (χ1) is 12.9. The molecule has 138 valence electrons. The van der Waals surface area contributed by atoms with Crippen molar-refractivity contribution < 1.29 is 13.2 Å². The highest BCUT2D eigenvalue weighted by molar-refractivity contribution is 6.29. The van der Waals surface area contributed by atoms with Gasteiger partial charge in [0.15, 0.2) is 11.3 Å². The van der Waals surface area contributed by atoms with Crippen molar-refractivity contribution in [3.05, 3.63) is 53.2 Å². The van der Waals surface area contributed by atoms with Gasteiger partial charge in [0.1, 0.15) is 11.7 Å². The number of halogens is 4. The van der Waals surface area contributed by atoms with Crippen LogP contribution in [0.5, 0.6) is 0 Å². The third kappa shape index (κ3) is 2.91. The van der Waals surface area contributed by atoms with Gasteiger partial charge in [-0.15, -0.1) is 0 Å². The molecule has 4 aromatic heterocycles. The molecule has 1 saturated carbocycles. The molecule has 27 heavy (non-hydrogen) atoms. The van der Waals surface area contributed by atoms with E-state index in [0.717, 1.165) is 28.0 Å². The molecule has 4 heterocycles. The summed E-state index contributed by atoms with van der Waals surface area (Å²) in [6.45, 7) is -1.16. The van der Waals surface area contributed by atoms with E-state index in [-0.39, 0.29) is 17.5 Å². The van der Waals surface area contributed by atoms with E-state index in [1.807, 2.05) is 6.07 Å². The molecule has 0 aliphatic heterocycles. The smallest absolute Gasteiger partial charge is 0.238 e. The Morgan fingerprint density at radius 1 is 1.19 bits per heavy atom. The standard InChI is InChI=1S/C17H12ClF3N6/c18-14-6-12(16-22-3-4-26(16)25-14)10-5-11(10)13-2-1-9-7-23-27(15(9)24-13)8-17(19,20)21/h1-4,6-7,10-11H,5,8H2/t10-,11-/m0/s1. The van der Waals surface area contributed by atoms with Crippen molar-refractivity contribution in [1.29, 1.82) is 0 Å². The van der Waals surface area contributed by atoms with Crippen molar-refractivity contribution >= 4 is 28.3 Å². The quantitative estimate of drug-likeness (QED) is 0.529. The molecule has 0 N–H and O–H groups in total. The van der Waals surface area contributed by atoms with Crippen molar-refractivity contribution in [3.8, 4) is 0 Å². The Balaban J connectivity index is 1.50. The average molecular weight is 393 g/mol. The molecule has 0 saturated heterocycles. The van der Waals surface area contributed by atoms with E-state index in [4.69, 9.17) is 11.6 Å². The number of fused-ring (bicyclic) bond motifs is 2. The van der Waals surface area contributed by atoms with Crippen molar-refractivity contribution in [3.63, 3.8) is 0 Å².